The van der Waals surface area contributed by atoms with Crippen molar-refractivity contribution in [2.24, 2.45) is 5.92 Å². The van der Waals surface area contributed by atoms with Gasteiger partial charge in [-0.3, -0.25) is 14.4 Å². The number of aryl methyl sites for hydroxylation is 1. The van der Waals surface area contributed by atoms with Crippen molar-refractivity contribution < 1.29 is 19.5 Å². The number of benzene rings is 4. The number of nitrogens with one attached hydrogen (secondary N) is 1. The van der Waals surface area contributed by atoms with Crippen LogP contribution < -0.4 is 15.1 Å². The Morgan fingerprint density at radius 1 is 0.929 bits per heavy atom. The van der Waals surface area contributed by atoms with E-state index in [2.05, 4.69) is 23.5 Å². The van der Waals surface area contributed by atoms with E-state index in [1.54, 1.807) is 41.0 Å². The smallest absolute Gasteiger partial charge is 0.258 e. The number of aliphatic hydroxyl groups excluding tert-OH is 1. The van der Waals surface area contributed by atoms with E-state index in [0.717, 1.165) is 21.9 Å². The molecule has 0 saturated carbocycles. The Labute approximate surface area is 246 Å². The van der Waals surface area contributed by atoms with Crippen LogP contribution in [-0.4, -0.2) is 35.4 Å². The lowest BCUT2D eigenvalue weighted by Crippen LogP contribution is -2.53. The van der Waals surface area contributed by atoms with E-state index in [-0.39, 0.29) is 36.7 Å². The predicted molar refractivity (Wildman–Crippen MR) is 166 cm³/mol. The summed E-state index contributed by atoms with van der Waals surface area (Å²) < 4.78 is 0. The highest BCUT2D eigenvalue weighted by Crippen LogP contribution is 2.37. The Balaban J connectivity index is 1.66. The lowest BCUT2D eigenvalue weighted by Gasteiger charge is -2.27. The molecule has 216 valence electrons. The van der Waals surface area contributed by atoms with Crippen LogP contribution >= 0.6 is 0 Å². The minimum Gasteiger partial charge on any atom is -0.389 e. The summed E-state index contributed by atoms with van der Waals surface area (Å²) in [5.74, 6) is -1.17. The topological polar surface area (TPSA) is 89.9 Å². The number of hydrogen-bond acceptors (Lipinski definition) is 4. The van der Waals surface area contributed by atoms with Gasteiger partial charge < -0.3 is 20.2 Å². The summed E-state index contributed by atoms with van der Waals surface area (Å²) in [5.41, 5.74) is 4.04. The molecule has 1 aliphatic heterocycles. The molecule has 0 aliphatic carbocycles. The van der Waals surface area contributed by atoms with Crippen molar-refractivity contribution in [1.29, 1.82) is 0 Å². The molecule has 0 radical (unpaired) electrons. The van der Waals surface area contributed by atoms with Gasteiger partial charge in [-0.25, -0.2) is 0 Å². The number of rotatable bonds is 7. The number of carbonyl (C=O) groups excluding carboxylic acids is 3. The van der Waals surface area contributed by atoms with Gasteiger partial charge in [0.1, 0.15) is 6.04 Å². The van der Waals surface area contributed by atoms with E-state index >= 15 is 0 Å². The van der Waals surface area contributed by atoms with Gasteiger partial charge >= 0.3 is 0 Å². The Bertz CT molecular complexity index is 1650. The normalized spacial score (nSPS) is 16.5. The molecular formula is C35H37N3O4. The minimum absolute atomic E-state index is 0.0456. The molecule has 0 bridgehead atoms. The average molecular weight is 564 g/mol. The van der Waals surface area contributed by atoms with E-state index in [4.69, 9.17) is 0 Å². The van der Waals surface area contributed by atoms with Crippen LogP contribution in [0.5, 0.6) is 0 Å². The molecule has 2 N–H and O–H groups in total. The number of hydrogen-bond donors (Lipinski definition) is 2. The SMILES string of the molecule is CC[C@@H](C)C(=O)N[C@H]1CN(C(=O)c2ccccc2[C@H](C)O)c2ccccc2N(Cc2c(C)ccc3ccccc23)C1=O. The zero-order valence-corrected chi connectivity index (χ0v) is 24.5. The molecule has 1 aliphatic rings. The summed E-state index contributed by atoms with van der Waals surface area (Å²) in [6, 6.07) is 25.5. The predicted octanol–water partition coefficient (Wildman–Crippen LogP) is 5.93. The van der Waals surface area contributed by atoms with Crippen molar-refractivity contribution in [3.05, 3.63) is 107 Å². The number of para-hydroxylation sites is 2. The van der Waals surface area contributed by atoms with Crippen LogP contribution in [0.15, 0.2) is 84.9 Å². The second kappa shape index (κ2) is 12.2. The van der Waals surface area contributed by atoms with Crippen molar-refractivity contribution >= 4 is 39.9 Å². The average Bonchev–Trinajstić information content (AvgIpc) is 3.12. The van der Waals surface area contributed by atoms with E-state index in [0.29, 0.717) is 28.9 Å². The van der Waals surface area contributed by atoms with Gasteiger partial charge in [0.05, 0.1) is 30.6 Å². The Kier molecular flexibility index (Phi) is 8.41. The first-order valence-electron chi connectivity index (χ1n) is 14.5. The highest BCUT2D eigenvalue weighted by atomic mass is 16.3. The van der Waals surface area contributed by atoms with Crippen LogP contribution in [0.2, 0.25) is 0 Å². The highest BCUT2D eigenvalue weighted by Gasteiger charge is 2.38. The van der Waals surface area contributed by atoms with Crippen molar-refractivity contribution in [3.8, 4) is 0 Å². The molecule has 5 rings (SSSR count). The third-order valence-electron chi connectivity index (χ3n) is 8.25. The van der Waals surface area contributed by atoms with Gasteiger partial charge in [-0.05, 0) is 65.9 Å². The molecule has 42 heavy (non-hydrogen) atoms. The number of aliphatic hydroxyl groups is 1. The summed E-state index contributed by atoms with van der Waals surface area (Å²) in [4.78, 5) is 45.0. The molecule has 4 aromatic carbocycles. The first-order chi connectivity index (χ1) is 20.2. The van der Waals surface area contributed by atoms with Crippen molar-refractivity contribution in [2.75, 3.05) is 16.3 Å². The van der Waals surface area contributed by atoms with Crippen LogP contribution in [0.4, 0.5) is 11.4 Å². The summed E-state index contributed by atoms with van der Waals surface area (Å²) in [7, 11) is 0. The van der Waals surface area contributed by atoms with E-state index in [1.807, 2.05) is 63.2 Å². The molecule has 3 amide bonds. The van der Waals surface area contributed by atoms with Crippen LogP contribution in [0.3, 0.4) is 0 Å². The second-order valence-corrected chi connectivity index (χ2v) is 11.0. The van der Waals surface area contributed by atoms with E-state index in [1.165, 1.54) is 0 Å². The minimum atomic E-state index is -0.975. The summed E-state index contributed by atoms with van der Waals surface area (Å²) in [5, 5.41) is 15.5. The lowest BCUT2D eigenvalue weighted by molar-refractivity contribution is -0.129. The number of carbonyl (C=O) groups is 3. The standard InChI is InChI=1S/C35H37N3O4/c1-5-22(2)33(40)36-30-21-38(34(41)28-15-9-8-13-26(28)24(4)39)32-17-11-10-16-31(32)37(35(30)42)20-29-23(3)18-19-25-12-6-7-14-27(25)29/h6-19,22,24,30,39H,5,20-21H2,1-4H3,(H,36,40)/t22-,24+,30+/m1/s1. The Hall–Kier alpha value is -4.49. The fraction of sp³-hybridized carbons (Fsp3) is 0.286. The quantitative estimate of drug-likeness (QED) is 0.292. The third kappa shape index (κ3) is 5.52. The number of fused-ring (bicyclic) bond motifs is 2. The molecule has 0 spiro atoms. The summed E-state index contributed by atoms with van der Waals surface area (Å²) in [6.07, 6.45) is -0.239. The first kappa shape index (κ1) is 29.0. The zero-order valence-electron chi connectivity index (χ0n) is 24.5. The van der Waals surface area contributed by atoms with Gasteiger partial charge in [-0.1, -0.05) is 80.6 Å². The van der Waals surface area contributed by atoms with E-state index < -0.39 is 12.1 Å². The second-order valence-electron chi connectivity index (χ2n) is 11.0. The molecule has 0 saturated heterocycles. The molecule has 0 aromatic heterocycles. The molecule has 7 nitrogen and oxygen atoms in total. The summed E-state index contributed by atoms with van der Waals surface area (Å²) in [6.45, 7) is 7.62. The number of amides is 3. The summed E-state index contributed by atoms with van der Waals surface area (Å²) >= 11 is 0. The number of anilines is 2. The molecule has 0 unspecified atom stereocenters. The van der Waals surface area contributed by atoms with Crippen LogP contribution in [0.25, 0.3) is 10.8 Å². The Morgan fingerprint density at radius 3 is 2.33 bits per heavy atom. The van der Waals surface area contributed by atoms with Gasteiger partial charge in [0.15, 0.2) is 0 Å². The van der Waals surface area contributed by atoms with Crippen LogP contribution in [0.1, 0.15) is 60.3 Å². The van der Waals surface area contributed by atoms with Crippen molar-refractivity contribution in [2.45, 2.75) is 52.8 Å². The van der Waals surface area contributed by atoms with E-state index in [9.17, 15) is 19.5 Å². The molecule has 0 fully saturated rings. The van der Waals surface area contributed by atoms with Crippen molar-refractivity contribution in [1.82, 2.24) is 5.32 Å². The fourth-order valence-corrected chi connectivity index (χ4v) is 5.56. The van der Waals surface area contributed by atoms with Crippen LogP contribution in [-0.2, 0) is 16.1 Å². The monoisotopic (exact) mass is 563 g/mol. The lowest BCUT2D eigenvalue weighted by atomic mass is 9.99. The van der Waals surface area contributed by atoms with Gasteiger partial charge in [0.25, 0.3) is 11.8 Å². The third-order valence-corrected chi connectivity index (χ3v) is 8.25. The van der Waals surface area contributed by atoms with Gasteiger partial charge in [0.2, 0.25) is 5.91 Å². The molecule has 4 aromatic rings. The van der Waals surface area contributed by atoms with Gasteiger partial charge in [0, 0.05) is 11.5 Å². The first-order valence-corrected chi connectivity index (χ1v) is 14.5. The molecule has 1 heterocycles. The van der Waals surface area contributed by atoms with Gasteiger partial charge in [-0.15, -0.1) is 0 Å². The maximum absolute atomic E-state index is 14.4. The van der Waals surface area contributed by atoms with Crippen molar-refractivity contribution in [3.63, 3.8) is 0 Å². The maximum atomic E-state index is 14.4. The number of nitrogens with zero attached hydrogens (tertiary/aromatic N) is 2. The fourth-order valence-electron chi connectivity index (χ4n) is 5.56. The molecular weight excluding hydrogens is 526 g/mol. The molecule has 3 atom stereocenters. The highest BCUT2D eigenvalue weighted by molar-refractivity contribution is 6.13. The van der Waals surface area contributed by atoms with Gasteiger partial charge in [-0.2, -0.15) is 0 Å². The Morgan fingerprint density at radius 2 is 1.60 bits per heavy atom. The molecule has 7 heteroatoms. The maximum Gasteiger partial charge on any atom is 0.258 e. The zero-order chi connectivity index (χ0) is 30.0. The van der Waals surface area contributed by atoms with Crippen LogP contribution in [0, 0.1) is 12.8 Å². The largest absolute Gasteiger partial charge is 0.389 e.